The highest BCUT2D eigenvalue weighted by atomic mass is 32.2. The first kappa shape index (κ1) is 16.0. The van der Waals surface area contributed by atoms with E-state index in [1.807, 2.05) is 38.1 Å². The Balaban J connectivity index is 2.52. The molecule has 0 aliphatic rings. The zero-order valence-electron chi connectivity index (χ0n) is 11.8. The Morgan fingerprint density at radius 2 is 1.74 bits per heavy atom. The third-order valence-corrected chi connectivity index (χ3v) is 4.90. The van der Waals surface area contributed by atoms with E-state index in [0.29, 0.717) is 13.0 Å². The predicted octanol–water partition coefficient (Wildman–Crippen LogP) is 1.92. The fourth-order valence-electron chi connectivity index (χ4n) is 1.91. The van der Waals surface area contributed by atoms with E-state index >= 15 is 0 Å². The summed E-state index contributed by atoms with van der Waals surface area (Å²) in [5.74, 6) is 0.524. The second kappa shape index (κ2) is 7.50. The van der Waals surface area contributed by atoms with Gasteiger partial charge in [-0.2, -0.15) is 0 Å². The molecule has 19 heavy (non-hydrogen) atoms. The fraction of sp³-hybridized carbons (Fsp3) is 0.571. The molecule has 0 spiro atoms. The lowest BCUT2D eigenvalue weighted by molar-refractivity contribution is 0.296. The minimum Gasteiger partial charge on any atom is -0.399 e. The molecule has 4 nitrogen and oxygen atoms in total. The number of nitrogens with zero attached hydrogens (tertiary/aromatic N) is 1. The van der Waals surface area contributed by atoms with Gasteiger partial charge >= 0.3 is 0 Å². The average Bonchev–Trinajstić information content (AvgIpc) is 2.36. The number of sulfone groups is 1. The summed E-state index contributed by atoms with van der Waals surface area (Å²) in [4.78, 5) is 2.14. The highest BCUT2D eigenvalue weighted by Gasteiger charge is 2.12. The van der Waals surface area contributed by atoms with Gasteiger partial charge in [-0.3, -0.25) is 4.90 Å². The van der Waals surface area contributed by atoms with Gasteiger partial charge in [-0.05, 0) is 30.7 Å². The van der Waals surface area contributed by atoms with Gasteiger partial charge in [-0.15, -0.1) is 0 Å². The summed E-state index contributed by atoms with van der Waals surface area (Å²) < 4.78 is 23.4. The van der Waals surface area contributed by atoms with E-state index in [1.54, 1.807) is 0 Å². The predicted molar refractivity (Wildman–Crippen MR) is 80.8 cm³/mol. The number of hydrogen-bond acceptors (Lipinski definition) is 4. The Labute approximate surface area is 116 Å². The fourth-order valence-corrected chi connectivity index (χ4v) is 3.27. The van der Waals surface area contributed by atoms with Crippen LogP contribution in [0.2, 0.25) is 0 Å². The van der Waals surface area contributed by atoms with Gasteiger partial charge in [-0.25, -0.2) is 8.42 Å². The van der Waals surface area contributed by atoms with Crippen LogP contribution in [-0.2, 0) is 16.4 Å². The van der Waals surface area contributed by atoms with Crippen molar-refractivity contribution in [1.82, 2.24) is 4.90 Å². The molecule has 108 valence electrons. The first-order chi connectivity index (χ1) is 8.96. The van der Waals surface area contributed by atoms with Gasteiger partial charge in [0, 0.05) is 24.5 Å². The van der Waals surface area contributed by atoms with Crippen LogP contribution < -0.4 is 5.73 Å². The molecule has 0 unspecified atom stereocenters. The van der Waals surface area contributed by atoms with E-state index in [2.05, 4.69) is 4.90 Å². The first-order valence-corrected chi connectivity index (χ1v) is 8.56. The lowest BCUT2D eigenvalue weighted by Crippen LogP contribution is -2.29. The van der Waals surface area contributed by atoms with Crippen molar-refractivity contribution in [1.29, 1.82) is 0 Å². The first-order valence-electron chi connectivity index (χ1n) is 6.74. The Hall–Kier alpha value is -1.07. The maximum atomic E-state index is 11.7. The third kappa shape index (κ3) is 6.07. The molecule has 0 aliphatic carbocycles. The Bertz CT molecular complexity index is 469. The number of nitrogens with two attached hydrogens (primary N) is 1. The molecule has 0 aromatic heterocycles. The normalized spacial score (nSPS) is 11.9. The smallest absolute Gasteiger partial charge is 0.151 e. The molecule has 1 aromatic carbocycles. The molecule has 0 atom stereocenters. The average molecular weight is 284 g/mol. The number of nitrogen functional groups attached to an aromatic ring is 1. The van der Waals surface area contributed by atoms with Crippen molar-refractivity contribution >= 4 is 15.5 Å². The van der Waals surface area contributed by atoms with Crippen LogP contribution in [0.3, 0.4) is 0 Å². The van der Waals surface area contributed by atoms with Crippen LogP contribution in [0.4, 0.5) is 5.69 Å². The Morgan fingerprint density at radius 3 is 2.26 bits per heavy atom. The highest BCUT2D eigenvalue weighted by molar-refractivity contribution is 7.91. The molecular weight excluding hydrogens is 260 g/mol. The topological polar surface area (TPSA) is 63.4 Å². The Morgan fingerprint density at radius 1 is 1.11 bits per heavy atom. The van der Waals surface area contributed by atoms with Crippen molar-refractivity contribution in [2.24, 2.45) is 0 Å². The molecule has 0 saturated carbocycles. The molecule has 0 amide bonds. The van der Waals surface area contributed by atoms with Crippen LogP contribution >= 0.6 is 0 Å². The second-order valence-electron chi connectivity index (χ2n) is 4.76. The van der Waals surface area contributed by atoms with Gasteiger partial charge in [0.05, 0.1) is 5.75 Å². The lowest BCUT2D eigenvalue weighted by Gasteiger charge is -2.20. The van der Waals surface area contributed by atoms with Crippen LogP contribution in [0.15, 0.2) is 24.3 Å². The maximum absolute atomic E-state index is 11.7. The van der Waals surface area contributed by atoms with E-state index in [-0.39, 0.29) is 11.5 Å². The van der Waals surface area contributed by atoms with E-state index in [4.69, 9.17) is 5.73 Å². The molecule has 0 heterocycles. The van der Waals surface area contributed by atoms with Gasteiger partial charge in [0.1, 0.15) is 0 Å². The number of benzene rings is 1. The summed E-state index contributed by atoms with van der Waals surface area (Å²) in [6.45, 7) is 6.13. The molecule has 1 aromatic rings. The zero-order chi connectivity index (χ0) is 14.3. The van der Waals surface area contributed by atoms with Crippen molar-refractivity contribution in [3.63, 3.8) is 0 Å². The lowest BCUT2D eigenvalue weighted by atomic mass is 10.2. The summed E-state index contributed by atoms with van der Waals surface area (Å²) in [7, 11) is -2.90. The van der Waals surface area contributed by atoms with E-state index in [0.717, 1.165) is 24.3 Å². The van der Waals surface area contributed by atoms with Crippen molar-refractivity contribution in [3.05, 3.63) is 29.8 Å². The van der Waals surface area contributed by atoms with Crippen LogP contribution in [-0.4, -0.2) is 37.9 Å². The van der Waals surface area contributed by atoms with Gasteiger partial charge < -0.3 is 5.73 Å². The van der Waals surface area contributed by atoms with Gasteiger partial charge in [0.2, 0.25) is 0 Å². The molecule has 0 saturated heterocycles. The molecule has 0 radical (unpaired) electrons. The SMILES string of the molecule is CCCS(=O)(=O)CCN(CC)Cc1ccc(N)cc1. The summed E-state index contributed by atoms with van der Waals surface area (Å²) >= 11 is 0. The molecule has 2 N–H and O–H groups in total. The highest BCUT2D eigenvalue weighted by Crippen LogP contribution is 2.09. The van der Waals surface area contributed by atoms with Gasteiger partial charge in [-0.1, -0.05) is 26.0 Å². The second-order valence-corrected chi connectivity index (χ2v) is 7.07. The van der Waals surface area contributed by atoms with Crippen molar-refractivity contribution in [2.75, 3.05) is 30.3 Å². The minimum atomic E-state index is -2.90. The van der Waals surface area contributed by atoms with E-state index in [9.17, 15) is 8.42 Å². The summed E-state index contributed by atoms with van der Waals surface area (Å²) in [6, 6.07) is 7.71. The van der Waals surface area contributed by atoms with E-state index < -0.39 is 9.84 Å². The summed E-state index contributed by atoms with van der Waals surface area (Å²) in [5, 5.41) is 0. The molecule has 5 heteroatoms. The van der Waals surface area contributed by atoms with Crippen LogP contribution in [0.25, 0.3) is 0 Å². The summed E-state index contributed by atoms with van der Waals surface area (Å²) in [6.07, 6.45) is 0.687. The standard InChI is InChI=1S/C14H24N2O2S/c1-3-10-19(17,18)11-9-16(4-2)12-13-5-7-14(15)8-6-13/h5-8H,3-4,9-12,15H2,1-2H3. The molecule has 1 rings (SSSR count). The monoisotopic (exact) mass is 284 g/mol. The van der Waals surface area contributed by atoms with Crippen LogP contribution in [0, 0.1) is 0 Å². The quantitative estimate of drug-likeness (QED) is 0.741. The molecular formula is C14H24N2O2S. The minimum absolute atomic E-state index is 0.240. The number of hydrogen-bond donors (Lipinski definition) is 1. The molecule has 0 bridgehead atoms. The van der Waals surface area contributed by atoms with Gasteiger partial charge in [0.15, 0.2) is 9.84 Å². The summed E-state index contributed by atoms with van der Waals surface area (Å²) in [5.41, 5.74) is 7.55. The van der Waals surface area contributed by atoms with Crippen LogP contribution in [0.5, 0.6) is 0 Å². The number of anilines is 1. The molecule has 0 aliphatic heterocycles. The van der Waals surface area contributed by atoms with E-state index in [1.165, 1.54) is 0 Å². The van der Waals surface area contributed by atoms with Crippen molar-refractivity contribution < 1.29 is 8.42 Å². The maximum Gasteiger partial charge on any atom is 0.151 e. The number of rotatable bonds is 8. The van der Waals surface area contributed by atoms with Crippen molar-refractivity contribution in [2.45, 2.75) is 26.8 Å². The Kier molecular flexibility index (Phi) is 6.31. The van der Waals surface area contributed by atoms with Crippen molar-refractivity contribution in [3.8, 4) is 0 Å². The van der Waals surface area contributed by atoms with Crippen LogP contribution in [0.1, 0.15) is 25.8 Å². The third-order valence-electron chi connectivity index (χ3n) is 3.07. The van der Waals surface area contributed by atoms with Gasteiger partial charge in [0.25, 0.3) is 0 Å². The molecule has 0 fully saturated rings. The largest absolute Gasteiger partial charge is 0.399 e. The zero-order valence-corrected chi connectivity index (χ0v) is 12.6.